The van der Waals surface area contributed by atoms with Crippen molar-refractivity contribution in [3.05, 3.63) is 0 Å². The fourth-order valence-corrected chi connectivity index (χ4v) is 2.04. The smallest absolute Gasteiger partial charge is 0.327 e. The summed E-state index contributed by atoms with van der Waals surface area (Å²) in [7, 11) is 0. The fourth-order valence-electron chi connectivity index (χ4n) is 2.04. The minimum Gasteiger partial charge on any atom is -0.396 e. The summed E-state index contributed by atoms with van der Waals surface area (Å²) in [6, 6.07) is 0. The van der Waals surface area contributed by atoms with Gasteiger partial charge in [0.15, 0.2) is 0 Å². The van der Waals surface area contributed by atoms with Gasteiger partial charge in [0.25, 0.3) is 0 Å². The standard InChI is InChI=1S/C15H30N2O6/c1-5-12(19)22-16-8-6-11(2)10-15(3,4)14(21)17-23-13(20)7-9-18/h11,14,16-18,21H,5-10H2,1-4H3. The molecule has 0 spiro atoms. The molecule has 0 aliphatic rings. The first-order valence-electron chi connectivity index (χ1n) is 7.89. The van der Waals surface area contributed by atoms with Gasteiger partial charge in [0.2, 0.25) is 0 Å². The summed E-state index contributed by atoms with van der Waals surface area (Å²) in [5, 5.41) is 18.7. The predicted molar refractivity (Wildman–Crippen MR) is 83.5 cm³/mol. The first-order valence-corrected chi connectivity index (χ1v) is 7.89. The molecule has 4 N–H and O–H groups in total. The van der Waals surface area contributed by atoms with Crippen molar-refractivity contribution in [1.29, 1.82) is 0 Å². The van der Waals surface area contributed by atoms with E-state index in [4.69, 9.17) is 9.94 Å². The molecule has 0 amide bonds. The zero-order valence-electron chi connectivity index (χ0n) is 14.4. The van der Waals surface area contributed by atoms with Crippen LogP contribution in [0, 0.1) is 11.3 Å². The van der Waals surface area contributed by atoms with Crippen molar-refractivity contribution in [2.45, 2.75) is 59.6 Å². The molecule has 136 valence electrons. The molecular formula is C15H30N2O6. The molecule has 0 aliphatic heterocycles. The number of aliphatic hydroxyl groups excluding tert-OH is 2. The summed E-state index contributed by atoms with van der Waals surface area (Å²) in [6.07, 6.45) is 0.597. The Balaban J connectivity index is 4.07. The monoisotopic (exact) mass is 334 g/mol. The van der Waals surface area contributed by atoms with Gasteiger partial charge in [0.1, 0.15) is 6.23 Å². The zero-order valence-corrected chi connectivity index (χ0v) is 14.4. The molecular weight excluding hydrogens is 304 g/mol. The van der Waals surface area contributed by atoms with E-state index in [2.05, 4.69) is 15.8 Å². The predicted octanol–water partition coefficient (Wildman–Crippen LogP) is 0.635. The highest BCUT2D eigenvalue weighted by atomic mass is 16.7. The van der Waals surface area contributed by atoms with Gasteiger partial charge in [-0.25, -0.2) is 0 Å². The number of rotatable bonds is 12. The second-order valence-electron chi connectivity index (χ2n) is 6.28. The van der Waals surface area contributed by atoms with Crippen LogP contribution < -0.4 is 11.0 Å². The van der Waals surface area contributed by atoms with Gasteiger partial charge in [-0.15, -0.1) is 5.48 Å². The SMILES string of the molecule is CCC(=O)ONCCC(C)CC(C)(C)C(O)NOC(=O)CCO. The Bertz CT molecular complexity index is 362. The molecule has 0 bridgehead atoms. The number of aliphatic hydroxyl groups is 2. The van der Waals surface area contributed by atoms with Crippen molar-refractivity contribution >= 4 is 11.9 Å². The molecule has 0 aliphatic carbocycles. The molecule has 0 rings (SSSR count). The van der Waals surface area contributed by atoms with E-state index in [1.54, 1.807) is 6.92 Å². The van der Waals surface area contributed by atoms with Crippen molar-refractivity contribution in [2.75, 3.05) is 13.2 Å². The van der Waals surface area contributed by atoms with E-state index in [-0.39, 0.29) is 24.9 Å². The molecule has 23 heavy (non-hydrogen) atoms. The Hall–Kier alpha value is -1.22. The van der Waals surface area contributed by atoms with Crippen LogP contribution in [0.5, 0.6) is 0 Å². The van der Waals surface area contributed by atoms with Crippen LogP contribution in [0.1, 0.15) is 53.4 Å². The number of hydrogen-bond donors (Lipinski definition) is 4. The molecule has 0 aromatic heterocycles. The minimum absolute atomic E-state index is 0.126. The zero-order chi connectivity index (χ0) is 17.9. The van der Waals surface area contributed by atoms with Crippen molar-refractivity contribution in [1.82, 2.24) is 11.0 Å². The highest BCUT2D eigenvalue weighted by Crippen LogP contribution is 2.29. The Morgan fingerprint density at radius 1 is 1.22 bits per heavy atom. The van der Waals surface area contributed by atoms with Gasteiger partial charge in [-0.05, 0) is 18.8 Å². The molecule has 8 nitrogen and oxygen atoms in total. The van der Waals surface area contributed by atoms with Gasteiger partial charge >= 0.3 is 11.9 Å². The van der Waals surface area contributed by atoms with Crippen LogP contribution in [-0.2, 0) is 19.3 Å². The van der Waals surface area contributed by atoms with Gasteiger partial charge in [-0.2, -0.15) is 5.48 Å². The summed E-state index contributed by atoms with van der Waals surface area (Å²) in [5.41, 5.74) is 4.40. The third kappa shape index (κ3) is 10.2. The summed E-state index contributed by atoms with van der Waals surface area (Å²) in [4.78, 5) is 31.6. The van der Waals surface area contributed by atoms with Gasteiger partial charge < -0.3 is 19.9 Å². The lowest BCUT2D eigenvalue weighted by Crippen LogP contribution is -2.43. The largest absolute Gasteiger partial charge is 0.396 e. The second kappa shape index (κ2) is 11.3. The Morgan fingerprint density at radius 3 is 2.43 bits per heavy atom. The highest BCUT2D eigenvalue weighted by molar-refractivity contribution is 5.69. The van der Waals surface area contributed by atoms with Crippen molar-refractivity contribution in [3.63, 3.8) is 0 Å². The van der Waals surface area contributed by atoms with Crippen LogP contribution in [0.4, 0.5) is 0 Å². The summed E-state index contributed by atoms with van der Waals surface area (Å²) < 4.78 is 0. The topological polar surface area (TPSA) is 117 Å². The first-order chi connectivity index (χ1) is 10.7. The molecule has 0 saturated heterocycles. The molecule has 0 radical (unpaired) electrons. The minimum atomic E-state index is -1.03. The molecule has 2 atom stereocenters. The van der Waals surface area contributed by atoms with E-state index in [1.165, 1.54) is 0 Å². The highest BCUT2D eigenvalue weighted by Gasteiger charge is 2.30. The van der Waals surface area contributed by atoms with E-state index in [0.29, 0.717) is 19.4 Å². The van der Waals surface area contributed by atoms with E-state index in [9.17, 15) is 14.7 Å². The molecule has 0 saturated carbocycles. The number of carbonyl (C=O) groups is 2. The average Bonchev–Trinajstić information content (AvgIpc) is 2.48. The maximum atomic E-state index is 11.1. The first kappa shape index (κ1) is 21.8. The van der Waals surface area contributed by atoms with E-state index >= 15 is 0 Å². The van der Waals surface area contributed by atoms with E-state index in [0.717, 1.165) is 6.42 Å². The van der Waals surface area contributed by atoms with Gasteiger partial charge in [0, 0.05) is 18.4 Å². The number of hydrogen-bond acceptors (Lipinski definition) is 8. The van der Waals surface area contributed by atoms with E-state index < -0.39 is 17.6 Å². The number of carbonyl (C=O) groups excluding carboxylic acids is 2. The van der Waals surface area contributed by atoms with Crippen molar-refractivity contribution < 1.29 is 29.5 Å². The Kier molecular flexibility index (Phi) is 10.7. The van der Waals surface area contributed by atoms with Gasteiger partial charge in [-0.1, -0.05) is 27.7 Å². The van der Waals surface area contributed by atoms with Crippen LogP contribution >= 0.6 is 0 Å². The lowest BCUT2D eigenvalue weighted by atomic mass is 9.81. The molecule has 0 aromatic rings. The molecule has 0 heterocycles. The summed E-state index contributed by atoms with van der Waals surface area (Å²) in [6.45, 7) is 7.67. The molecule has 8 heteroatoms. The third-order valence-corrected chi connectivity index (χ3v) is 3.43. The van der Waals surface area contributed by atoms with Gasteiger partial charge in [-0.3, -0.25) is 9.59 Å². The quantitative estimate of drug-likeness (QED) is 0.233. The van der Waals surface area contributed by atoms with Crippen LogP contribution in [0.15, 0.2) is 0 Å². The van der Waals surface area contributed by atoms with Crippen molar-refractivity contribution in [3.8, 4) is 0 Å². The maximum absolute atomic E-state index is 11.1. The van der Waals surface area contributed by atoms with Crippen LogP contribution in [0.2, 0.25) is 0 Å². The van der Waals surface area contributed by atoms with E-state index in [1.807, 2.05) is 20.8 Å². The Labute approximate surface area is 137 Å². The van der Waals surface area contributed by atoms with Gasteiger partial charge in [0.05, 0.1) is 13.0 Å². The number of hydroxylamine groups is 2. The lowest BCUT2D eigenvalue weighted by molar-refractivity contribution is -0.167. The van der Waals surface area contributed by atoms with Crippen molar-refractivity contribution in [2.24, 2.45) is 11.3 Å². The summed E-state index contributed by atoms with van der Waals surface area (Å²) in [5.74, 6) is -0.679. The molecule has 0 aromatic carbocycles. The fraction of sp³-hybridized carbons (Fsp3) is 0.867. The molecule has 0 fully saturated rings. The summed E-state index contributed by atoms with van der Waals surface area (Å²) >= 11 is 0. The van der Waals surface area contributed by atoms with Crippen LogP contribution in [-0.4, -0.2) is 41.5 Å². The van der Waals surface area contributed by atoms with Crippen LogP contribution in [0.3, 0.4) is 0 Å². The second-order valence-corrected chi connectivity index (χ2v) is 6.28. The third-order valence-electron chi connectivity index (χ3n) is 3.43. The van der Waals surface area contributed by atoms with Crippen LogP contribution in [0.25, 0.3) is 0 Å². The Morgan fingerprint density at radius 2 is 1.87 bits per heavy atom. The maximum Gasteiger partial charge on any atom is 0.327 e. The number of nitrogens with one attached hydrogen (secondary N) is 2. The average molecular weight is 334 g/mol. The lowest BCUT2D eigenvalue weighted by Gasteiger charge is -2.32. The normalized spacial score (nSPS) is 14.2. The molecule has 2 unspecified atom stereocenters.